The predicted octanol–water partition coefficient (Wildman–Crippen LogP) is 5.08. The van der Waals surface area contributed by atoms with Gasteiger partial charge in [0.15, 0.2) is 0 Å². The van der Waals surface area contributed by atoms with Gasteiger partial charge in [0.1, 0.15) is 0 Å². The van der Waals surface area contributed by atoms with Crippen LogP contribution in [0.1, 0.15) is 44.2 Å². The molecule has 100 valence electrons. The number of benzene rings is 1. The molecule has 1 nitrogen and oxygen atoms in total. The van der Waals surface area contributed by atoms with Crippen LogP contribution < -0.4 is 5.32 Å². The molecule has 1 aliphatic rings. The van der Waals surface area contributed by atoms with E-state index < -0.39 is 0 Å². The molecular formula is C15H21Cl2N. The molecule has 1 atom stereocenters. The van der Waals surface area contributed by atoms with Gasteiger partial charge in [-0.3, -0.25) is 0 Å². The maximum Gasteiger partial charge on any atom is 0.0468 e. The Labute approximate surface area is 120 Å². The molecule has 0 spiro atoms. The van der Waals surface area contributed by atoms with Crippen molar-refractivity contribution in [3.8, 4) is 0 Å². The lowest BCUT2D eigenvalue weighted by molar-refractivity contribution is 0.238. The maximum atomic E-state index is 6.33. The minimum absolute atomic E-state index is 0.349. The second-order valence-corrected chi connectivity index (χ2v) is 6.30. The standard InChI is InChI=1S/C15H21Cl2N/c1-10-3-5-11(6-4-10)15(18-2)13-8-7-12(16)9-14(13)17/h7-11,15,18H,3-6H2,1-2H3. The number of hydrogen-bond donors (Lipinski definition) is 1. The van der Waals surface area contributed by atoms with Gasteiger partial charge in [0.05, 0.1) is 0 Å². The van der Waals surface area contributed by atoms with Gasteiger partial charge in [-0.15, -0.1) is 0 Å². The topological polar surface area (TPSA) is 12.0 Å². The van der Waals surface area contributed by atoms with Gasteiger partial charge in [-0.2, -0.15) is 0 Å². The molecule has 0 heterocycles. The van der Waals surface area contributed by atoms with Crippen LogP contribution in [0.2, 0.25) is 10.0 Å². The fourth-order valence-electron chi connectivity index (χ4n) is 3.02. The van der Waals surface area contributed by atoms with Crippen molar-refractivity contribution in [1.82, 2.24) is 5.32 Å². The quantitative estimate of drug-likeness (QED) is 0.817. The molecule has 1 unspecified atom stereocenters. The first-order chi connectivity index (χ1) is 8.61. The highest BCUT2D eigenvalue weighted by Crippen LogP contribution is 2.39. The summed E-state index contributed by atoms with van der Waals surface area (Å²) < 4.78 is 0. The van der Waals surface area contributed by atoms with E-state index >= 15 is 0 Å². The van der Waals surface area contributed by atoms with Crippen molar-refractivity contribution in [3.05, 3.63) is 33.8 Å². The highest BCUT2D eigenvalue weighted by Gasteiger charge is 2.27. The lowest BCUT2D eigenvalue weighted by atomic mass is 9.77. The van der Waals surface area contributed by atoms with E-state index in [1.54, 1.807) is 0 Å². The van der Waals surface area contributed by atoms with Crippen molar-refractivity contribution in [2.45, 2.75) is 38.6 Å². The Kier molecular flexibility index (Phi) is 4.94. The van der Waals surface area contributed by atoms with Crippen LogP contribution in [-0.4, -0.2) is 7.05 Å². The molecule has 1 fully saturated rings. The molecule has 0 aliphatic heterocycles. The minimum atomic E-state index is 0.349. The van der Waals surface area contributed by atoms with Crippen LogP contribution in [0.25, 0.3) is 0 Å². The highest BCUT2D eigenvalue weighted by molar-refractivity contribution is 6.35. The summed E-state index contributed by atoms with van der Waals surface area (Å²) in [5, 5.41) is 4.92. The SMILES string of the molecule is CNC(c1ccc(Cl)cc1Cl)C1CCC(C)CC1. The van der Waals surface area contributed by atoms with Gasteiger partial charge in [-0.1, -0.05) is 49.0 Å². The van der Waals surface area contributed by atoms with Crippen LogP contribution in [-0.2, 0) is 0 Å². The summed E-state index contributed by atoms with van der Waals surface area (Å²) in [6, 6.07) is 6.18. The third-order valence-corrected chi connectivity index (χ3v) is 4.70. The number of rotatable bonds is 3. The van der Waals surface area contributed by atoms with Gasteiger partial charge >= 0.3 is 0 Å². The molecule has 0 saturated heterocycles. The van der Waals surface area contributed by atoms with E-state index in [1.165, 1.54) is 31.2 Å². The van der Waals surface area contributed by atoms with Crippen LogP contribution in [0.15, 0.2) is 18.2 Å². The summed E-state index contributed by atoms with van der Waals surface area (Å²) in [7, 11) is 2.02. The highest BCUT2D eigenvalue weighted by atomic mass is 35.5. The van der Waals surface area contributed by atoms with Crippen molar-refractivity contribution < 1.29 is 0 Å². The molecule has 0 amide bonds. The summed E-state index contributed by atoms with van der Waals surface area (Å²) in [6.07, 6.45) is 5.22. The largest absolute Gasteiger partial charge is 0.313 e. The molecular weight excluding hydrogens is 265 g/mol. The van der Waals surface area contributed by atoms with E-state index in [0.717, 1.165) is 10.9 Å². The third-order valence-electron chi connectivity index (χ3n) is 4.14. The fraction of sp³-hybridized carbons (Fsp3) is 0.600. The first kappa shape index (κ1) is 14.2. The zero-order valence-corrected chi connectivity index (χ0v) is 12.6. The zero-order valence-electron chi connectivity index (χ0n) is 11.0. The first-order valence-corrected chi connectivity index (χ1v) is 7.49. The smallest absolute Gasteiger partial charge is 0.0468 e. The molecule has 1 N–H and O–H groups in total. The second-order valence-electron chi connectivity index (χ2n) is 5.45. The summed E-state index contributed by atoms with van der Waals surface area (Å²) in [5.41, 5.74) is 1.18. The summed E-state index contributed by atoms with van der Waals surface area (Å²) >= 11 is 12.3. The molecule has 18 heavy (non-hydrogen) atoms. The Morgan fingerprint density at radius 1 is 1.17 bits per heavy atom. The van der Waals surface area contributed by atoms with Crippen LogP contribution in [0.5, 0.6) is 0 Å². The molecule has 1 aromatic carbocycles. The first-order valence-electron chi connectivity index (χ1n) is 6.74. The molecule has 2 rings (SSSR count). The van der Waals surface area contributed by atoms with E-state index in [2.05, 4.69) is 18.3 Å². The Morgan fingerprint density at radius 3 is 2.39 bits per heavy atom. The monoisotopic (exact) mass is 285 g/mol. The van der Waals surface area contributed by atoms with Crippen LogP contribution in [0.3, 0.4) is 0 Å². The zero-order chi connectivity index (χ0) is 13.1. The lowest BCUT2D eigenvalue weighted by Crippen LogP contribution is -2.28. The van der Waals surface area contributed by atoms with Crippen molar-refractivity contribution in [2.24, 2.45) is 11.8 Å². The second kappa shape index (κ2) is 6.27. The fourth-order valence-corrected chi connectivity index (χ4v) is 3.54. The lowest BCUT2D eigenvalue weighted by Gasteiger charge is -2.33. The van der Waals surface area contributed by atoms with E-state index in [0.29, 0.717) is 17.0 Å². The van der Waals surface area contributed by atoms with Crippen LogP contribution >= 0.6 is 23.2 Å². The molecule has 1 aromatic rings. The van der Waals surface area contributed by atoms with Gasteiger partial charge in [0.2, 0.25) is 0 Å². The predicted molar refractivity (Wildman–Crippen MR) is 79.4 cm³/mol. The van der Waals surface area contributed by atoms with E-state index in [1.807, 2.05) is 19.2 Å². The van der Waals surface area contributed by atoms with Gasteiger partial charge in [-0.25, -0.2) is 0 Å². The average Bonchev–Trinajstić information content (AvgIpc) is 2.35. The average molecular weight is 286 g/mol. The van der Waals surface area contributed by atoms with Crippen molar-refractivity contribution >= 4 is 23.2 Å². The molecule has 1 aliphatic carbocycles. The number of halogens is 2. The Hall–Kier alpha value is -0.240. The number of hydrogen-bond acceptors (Lipinski definition) is 1. The van der Waals surface area contributed by atoms with Crippen molar-refractivity contribution in [2.75, 3.05) is 7.05 Å². The van der Waals surface area contributed by atoms with E-state index in [9.17, 15) is 0 Å². The minimum Gasteiger partial charge on any atom is -0.313 e. The summed E-state index contributed by atoms with van der Waals surface area (Å²) in [5.74, 6) is 1.56. The maximum absolute atomic E-state index is 6.33. The molecule has 0 radical (unpaired) electrons. The van der Waals surface area contributed by atoms with E-state index in [4.69, 9.17) is 23.2 Å². The number of nitrogens with one attached hydrogen (secondary N) is 1. The van der Waals surface area contributed by atoms with Gasteiger partial charge in [0.25, 0.3) is 0 Å². The molecule has 0 bridgehead atoms. The van der Waals surface area contributed by atoms with Gasteiger partial charge in [-0.05, 0) is 49.4 Å². The Morgan fingerprint density at radius 2 is 1.83 bits per heavy atom. The summed E-state index contributed by atoms with van der Waals surface area (Å²) in [4.78, 5) is 0. The van der Waals surface area contributed by atoms with Crippen LogP contribution in [0.4, 0.5) is 0 Å². The summed E-state index contributed by atoms with van der Waals surface area (Å²) in [6.45, 7) is 2.35. The third kappa shape index (κ3) is 3.20. The molecule has 0 aromatic heterocycles. The van der Waals surface area contributed by atoms with Crippen LogP contribution in [0, 0.1) is 11.8 Å². The van der Waals surface area contributed by atoms with Crippen molar-refractivity contribution in [1.29, 1.82) is 0 Å². The van der Waals surface area contributed by atoms with Gasteiger partial charge in [0, 0.05) is 16.1 Å². The Balaban J connectivity index is 2.17. The van der Waals surface area contributed by atoms with Crippen molar-refractivity contribution in [3.63, 3.8) is 0 Å². The van der Waals surface area contributed by atoms with E-state index in [-0.39, 0.29) is 0 Å². The molecule has 1 saturated carbocycles. The molecule has 3 heteroatoms. The normalized spacial score (nSPS) is 26.0. The Bertz CT molecular complexity index is 397. The van der Waals surface area contributed by atoms with Gasteiger partial charge < -0.3 is 5.32 Å².